The number of nitrogens with zero attached hydrogens (tertiary/aromatic N) is 2. The van der Waals surface area contributed by atoms with E-state index in [0.29, 0.717) is 18.6 Å². The van der Waals surface area contributed by atoms with Crippen LogP contribution in [0.25, 0.3) is 0 Å². The Labute approximate surface area is 164 Å². The summed E-state index contributed by atoms with van der Waals surface area (Å²) in [6.07, 6.45) is 3.93. The number of rotatable bonds is 4. The summed E-state index contributed by atoms with van der Waals surface area (Å²) in [6.45, 7) is 2.32. The molecule has 1 aromatic carbocycles. The van der Waals surface area contributed by atoms with Crippen molar-refractivity contribution in [3.8, 4) is 0 Å². The SMILES string of the molecule is CCOC(=O)C1CC1C1CC(c2ccc(Br)cc2)N2N=CC(Br)C2N1. The Kier molecular flexibility index (Phi) is 4.90. The first kappa shape index (κ1) is 17.5. The molecule has 6 unspecified atom stereocenters. The Hall–Kier alpha value is -0.920. The molecule has 1 aliphatic carbocycles. The average molecular weight is 471 g/mol. The van der Waals surface area contributed by atoms with Gasteiger partial charge in [-0.15, -0.1) is 0 Å². The predicted molar refractivity (Wildman–Crippen MR) is 103 cm³/mol. The van der Waals surface area contributed by atoms with Crippen LogP contribution in [-0.2, 0) is 9.53 Å². The smallest absolute Gasteiger partial charge is 0.309 e. The molecule has 2 aliphatic heterocycles. The lowest BCUT2D eigenvalue weighted by Crippen LogP contribution is -2.57. The topological polar surface area (TPSA) is 53.9 Å². The number of carbonyl (C=O) groups excluding carboxylic acids is 1. The monoisotopic (exact) mass is 469 g/mol. The number of carbonyl (C=O) groups is 1. The number of ether oxygens (including phenoxy) is 1. The molecule has 0 radical (unpaired) electrons. The van der Waals surface area contributed by atoms with E-state index in [9.17, 15) is 4.79 Å². The normalized spacial score (nSPS) is 36.2. The minimum absolute atomic E-state index is 0.0463. The molecule has 0 bridgehead atoms. The number of hydrogen-bond acceptors (Lipinski definition) is 5. The lowest BCUT2D eigenvalue weighted by atomic mass is 9.92. The minimum Gasteiger partial charge on any atom is -0.466 e. The van der Waals surface area contributed by atoms with Gasteiger partial charge in [0.15, 0.2) is 0 Å². The zero-order valence-corrected chi connectivity index (χ0v) is 17.1. The molecule has 1 aromatic rings. The second-order valence-corrected chi connectivity index (χ2v) is 8.84. The van der Waals surface area contributed by atoms with E-state index in [1.165, 1.54) is 5.56 Å². The van der Waals surface area contributed by atoms with Crippen molar-refractivity contribution in [1.82, 2.24) is 10.3 Å². The van der Waals surface area contributed by atoms with Crippen LogP contribution in [0.3, 0.4) is 0 Å². The fourth-order valence-electron chi connectivity index (χ4n) is 3.97. The molecule has 1 N–H and O–H groups in total. The summed E-state index contributed by atoms with van der Waals surface area (Å²) in [7, 11) is 0. The number of halogens is 2. The number of hydrogen-bond donors (Lipinski definition) is 1. The van der Waals surface area contributed by atoms with E-state index in [4.69, 9.17) is 4.74 Å². The van der Waals surface area contributed by atoms with Crippen LogP contribution in [0.4, 0.5) is 0 Å². The van der Waals surface area contributed by atoms with Crippen molar-refractivity contribution in [3.05, 3.63) is 34.3 Å². The molecule has 0 amide bonds. The summed E-state index contributed by atoms with van der Waals surface area (Å²) in [5.41, 5.74) is 1.26. The Bertz CT molecular complexity index is 681. The van der Waals surface area contributed by atoms with E-state index in [-0.39, 0.29) is 28.9 Å². The van der Waals surface area contributed by atoms with Crippen molar-refractivity contribution in [1.29, 1.82) is 0 Å². The van der Waals surface area contributed by atoms with Gasteiger partial charge in [-0.05, 0) is 43.4 Å². The second kappa shape index (κ2) is 7.00. The highest BCUT2D eigenvalue weighted by Gasteiger charge is 2.53. The van der Waals surface area contributed by atoms with Gasteiger partial charge in [-0.3, -0.25) is 15.1 Å². The first-order chi connectivity index (χ1) is 12.1. The quantitative estimate of drug-likeness (QED) is 0.541. The highest BCUT2D eigenvalue weighted by molar-refractivity contribution is 9.10. The Morgan fingerprint density at radius 3 is 2.84 bits per heavy atom. The van der Waals surface area contributed by atoms with Gasteiger partial charge < -0.3 is 4.74 Å². The molecular formula is C18H21Br2N3O2. The van der Waals surface area contributed by atoms with Crippen molar-refractivity contribution in [2.45, 2.75) is 42.8 Å². The summed E-state index contributed by atoms with van der Waals surface area (Å²) in [5.74, 6) is 0.361. The minimum atomic E-state index is -0.0463. The number of benzene rings is 1. The summed E-state index contributed by atoms with van der Waals surface area (Å²) in [6, 6.07) is 8.97. The molecule has 7 heteroatoms. The molecule has 1 saturated carbocycles. The van der Waals surface area contributed by atoms with E-state index in [1.807, 2.05) is 13.1 Å². The molecule has 4 rings (SSSR count). The fourth-order valence-corrected chi connectivity index (χ4v) is 4.74. The first-order valence-electron chi connectivity index (χ1n) is 8.73. The summed E-state index contributed by atoms with van der Waals surface area (Å²) >= 11 is 7.21. The molecule has 5 nitrogen and oxygen atoms in total. The predicted octanol–water partition coefficient (Wildman–Crippen LogP) is 3.44. The highest BCUT2D eigenvalue weighted by Crippen LogP contribution is 2.48. The van der Waals surface area contributed by atoms with E-state index >= 15 is 0 Å². The highest BCUT2D eigenvalue weighted by atomic mass is 79.9. The van der Waals surface area contributed by atoms with Crippen LogP contribution in [0.2, 0.25) is 0 Å². The molecule has 0 aromatic heterocycles. The van der Waals surface area contributed by atoms with E-state index in [0.717, 1.165) is 17.3 Å². The summed E-state index contributed by atoms with van der Waals surface area (Å²) in [4.78, 5) is 12.2. The van der Waals surface area contributed by atoms with Crippen molar-refractivity contribution >= 4 is 44.0 Å². The third kappa shape index (κ3) is 3.38. The van der Waals surface area contributed by atoms with Crippen molar-refractivity contribution in [2.75, 3.05) is 6.61 Å². The maximum absolute atomic E-state index is 12.0. The third-order valence-corrected chi connectivity index (χ3v) is 6.58. The lowest BCUT2D eigenvalue weighted by molar-refractivity contribution is -0.145. The molecule has 134 valence electrons. The van der Waals surface area contributed by atoms with Gasteiger partial charge in [-0.1, -0.05) is 44.0 Å². The van der Waals surface area contributed by atoms with Crippen molar-refractivity contribution in [3.63, 3.8) is 0 Å². The fraction of sp³-hybridized carbons (Fsp3) is 0.556. The van der Waals surface area contributed by atoms with Gasteiger partial charge in [0.2, 0.25) is 0 Å². The second-order valence-electron chi connectivity index (χ2n) is 6.87. The average Bonchev–Trinajstić information content (AvgIpc) is 3.33. The molecule has 6 atom stereocenters. The van der Waals surface area contributed by atoms with E-state index < -0.39 is 0 Å². The molecule has 0 spiro atoms. The largest absolute Gasteiger partial charge is 0.466 e. The van der Waals surface area contributed by atoms with Crippen molar-refractivity contribution < 1.29 is 9.53 Å². The van der Waals surface area contributed by atoms with Crippen molar-refractivity contribution in [2.24, 2.45) is 16.9 Å². The zero-order valence-electron chi connectivity index (χ0n) is 13.9. The van der Waals surface area contributed by atoms with Crippen LogP contribution in [0, 0.1) is 11.8 Å². The van der Waals surface area contributed by atoms with Gasteiger partial charge in [0.1, 0.15) is 6.17 Å². The Balaban J connectivity index is 1.53. The van der Waals surface area contributed by atoms with Gasteiger partial charge in [0.05, 0.1) is 23.4 Å². The molecule has 25 heavy (non-hydrogen) atoms. The number of esters is 1. The summed E-state index contributed by atoms with van der Waals surface area (Å²) in [5, 5.41) is 10.5. The van der Waals surface area contributed by atoms with E-state index in [1.54, 1.807) is 0 Å². The van der Waals surface area contributed by atoms with Crippen LogP contribution in [0.5, 0.6) is 0 Å². The molecule has 1 saturated heterocycles. The Morgan fingerprint density at radius 2 is 2.12 bits per heavy atom. The molecular weight excluding hydrogens is 450 g/mol. The standard InChI is InChI=1S/C18H21Br2N3O2/c1-2-25-18(24)13-7-12(13)15-8-16(10-3-5-11(19)6-4-10)23-17(22-15)14(20)9-21-23/h3-6,9,12-17,22H,2,7-8H2,1H3. The van der Waals surface area contributed by atoms with Gasteiger partial charge in [-0.2, -0.15) is 5.10 Å². The number of alkyl halides is 1. The molecule has 2 heterocycles. The van der Waals surface area contributed by atoms with Gasteiger partial charge in [0.25, 0.3) is 0 Å². The van der Waals surface area contributed by atoms with Crippen LogP contribution in [0.15, 0.2) is 33.8 Å². The van der Waals surface area contributed by atoms with Gasteiger partial charge in [-0.25, -0.2) is 0 Å². The number of fused-ring (bicyclic) bond motifs is 1. The number of hydrazone groups is 1. The Morgan fingerprint density at radius 1 is 1.36 bits per heavy atom. The lowest BCUT2D eigenvalue weighted by Gasteiger charge is -2.43. The molecule has 3 aliphatic rings. The first-order valence-corrected chi connectivity index (χ1v) is 10.4. The van der Waals surface area contributed by atoms with Crippen LogP contribution >= 0.6 is 31.9 Å². The zero-order chi connectivity index (χ0) is 17.6. The van der Waals surface area contributed by atoms with Crippen LogP contribution in [0.1, 0.15) is 31.4 Å². The van der Waals surface area contributed by atoms with Gasteiger partial charge >= 0.3 is 5.97 Å². The molecule has 2 fully saturated rings. The van der Waals surface area contributed by atoms with E-state index in [2.05, 4.69) is 71.6 Å². The van der Waals surface area contributed by atoms with Gasteiger partial charge in [0, 0.05) is 16.7 Å². The summed E-state index contributed by atoms with van der Waals surface area (Å²) < 4.78 is 6.28. The maximum Gasteiger partial charge on any atom is 0.309 e. The maximum atomic E-state index is 12.0. The van der Waals surface area contributed by atoms with Crippen LogP contribution in [-0.4, -0.2) is 40.8 Å². The number of nitrogens with one attached hydrogen (secondary N) is 1. The third-order valence-electron chi connectivity index (χ3n) is 5.31. The van der Waals surface area contributed by atoms with Crippen LogP contribution < -0.4 is 5.32 Å².